The van der Waals surface area contributed by atoms with Gasteiger partial charge < -0.3 is 9.47 Å². The monoisotopic (exact) mass is 609 g/mol. The molecular formula is C35H33F2N5O3. The Morgan fingerprint density at radius 1 is 0.933 bits per heavy atom. The lowest BCUT2D eigenvalue weighted by molar-refractivity contribution is 0.0980. The molecule has 0 aliphatic carbocycles. The number of hydrogen-bond acceptors (Lipinski definition) is 6. The first-order valence-electron chi connectivity index (χ1n) is 14.5. The van der Waals surface area contributed by atoms with Gasteiger partial charge >= 0.3 is 5.69 Å². The van der Waals surface area contributed by atoms with Gasteiger partial charge in [0.2, 0.25) is 0 Å². The van der Waals surface area contributed by atoms with Crippen LogP contribution in [0.15, 0.2) is 88.7 Å². The van der Waals surface area contributed by atoms with Crippen LogP contribution in [0.1, 0.15) is 51.3 Å². The van der Waals surface area contributed by atoms with Crippen LogP contribution >= 0.6 is 0 Å². The number of rotatable bonds is 11. The molecule has 45 heavy (non-hydrogen) atoms. The molecule has 230 valence electrons. The van der Waals surface area contributed by atoms with E-state index in [0.717, 1.165) is 55.7 Å². The van der Waals surface area contributed by atoms with Crippen LogP contribution in [0.25, 0.3) is 17.0 Å². The summed E-state index contributed by atoms with van der Waals surface area (Å²) in [4.78, 5) is 50.0. The number of carbonyl (C=O) groups is 1. The molecule has 0 spiro atoms. The quantitative estimate of drug-likeness (QED) is 0.193. The van der Waals surface area contributed by atoms with Crippen molar-refractivity contribution >= 4 is 22.8 Å². The summed E-state index contributed by atoms with van der Waals surface area (Å²) in [5, 5.41) is 0.894. The van der Waals surface area contributed by atoms with E-state index in [9.17, 15) is 23.2 Å². The fraction of sp³-hybridized carbons (Fsp3) is 0.229. The highest BCUT2D eigenvalue weighted by Gasteiger charge is 2.17. The van der Waals surface area contributed by atoms with Crippen molar-refractivity contribution in [2.45, 2.75) is 32.4 Å². The fourth-order valence-electron chi connectivity index (χ4n) is 5.04. The summed E-state index contributed by atoms with van der Waals surface area (Å²) in [5.41, 5.74) is 2.80. The number of carbonyl (C=O) groups excluding carboxylic acids is 1. The van der Waals surface area contributed by atoms with E-state index in [1.165, 1.54) is 24.9 Å². The molecule has 0 radical (unpaired) electrons. The molecule has 2 aromatic heterocycles. The first kappa shape index (κ1) is 31.3. The normalized spacial score (nSPS) is 11.6. The molecule has 5 aromatic rings. The van der Waals surface area contributed by atoms with E-state index in [4.69, 9.17) is 4.98 Å². The van der Waals surface area contributed by atoms with Crippen molar-refractivity contribution in [3.8, 4) is 0 Å². The van der Waals surface area contributed by atoms with Crippen LogP contribution in [0.5, 0.6) is 0 Å². The van der Waals surface area contributed by atoms with E-state index in [1.807, 2.05) is 50.6 Å². The minimum Gasteiger partial charge on any atom is -0.305 e. The number of Topliss-reactive ketones (excluding diaryl/α,β-unsaturated/α-hetero) is 1. The summed E-state index contributed by atoms with van der Waals surface area (Å²) < 4.78 is 28.9. The smallest absolute Gasteiger partial charge is 0.305 e. The van der Waals surface area contributed by atoms with Gasteiger partial charge in [0, 0.05) is 44.2 Å². The topological polar surface area (TPSA) is 90.1 Å². The number of aromatic nitrogens is 4. The first-order valence-corrected chi connectivity index (χ1v) is 14.5. The molecule has 3 aromatic carbocycles. The second-order valence-electron chi connectivity index (χ2n) is 11.3. The van der Waals surface area contributed by atoms with Crippen LogP contribution < -0.4 is 11.2 Å². The molecule has 10 heteroatoms. The third-order valence-electron chi connectivity index (χ3n) is 7.34. The molecule has 8 nitrogen and oxygen atoms in total. The van der Waals surface area contributed by atoms with Crippen molar-refractivity contribution in [3.63, 3.8) is 0 Å². The highest BCUT2D eigenvalue weighted by atomic mass is 19.2. The lowest BCUT2D eigenvalue weighted by Crippen LogP contribution is -2.41. The van der Waals surface area contributed by atoms with Gasteiger partial charge in [0.25, 0.3) is 5.56 Å². The average molecular weight is 610 g/mol. The van der Waals surface area contributed by atoms with Crippen LogP contribution in [0, 0.1) is 11.6 Å². The second-order valence-corrected chi connectivity index (χ2v) is 11.3. The van der Waals surface area contributed by atoms with Crippen LogP contribution in [-0.4, -0.2) is 43.9 Å². The number of aryl methyl sites for hydroxylation is 1. The first-order chi connectivity index (χ1) is 21.6. The SMILES string of the molecule is CN(C)Cc1ccc(Cc2ncc3cc(/C=C/CCC(=O)c4cn(C)c(=O)n(Cc5ccc(F)c(F)c5)c4=O)ccc3n2)cc1. The second kappa shape index (κ2) is 13.7. The highest BCUT2D eigenvalue weighted by molar-refractivity contribution is 5.95. The van der Waals surface area contributed by atoms with Crippen LogP contribution in [0.2, 0.25) is 0 Å². The van der Waals surface area contributed by atoms with Crippen molar-refractivity contribution in [2.75, 3.05) is 14.1 Å². The summed E-state index contributed by atoms with van der Waals surface area (Å²) in [6, 6.07) is 17.4. The van der Waals surface area contributed by atoms with Gasteiger partial charge in [0.15, 0.2) is 17.4 Å². The van der Waals surface area contributed by atoms with Crippen molar-refractivity contribution in [2.24, 2.45) is 7.05 Å². The van der Waals surface area contributed by atoms with E-state index in [-0.39, 0.29) is 24.1 Å². The minimum absolute atomic E-state index is 0.0469. The van der Waals surface area contributed by atoms with Crippen molar-refractivity contribution in [1.29, 1.82) is 0 Å². The summed E-state index contributed by atoms with van der Waals surface area (Å²) in [5.74, 6) is -1.80. The molecule has 0 unspecified atom stereocenters. The third-order valence-corrected chi connectivity index (χ3v) is 7.34. The standard InChI is InChI=1S/C35H33F2N5O3/c1-40(2)20-25-10-8-24(9-11-25)18-33-38-19-27-16-23(13-15-31(27)39-33)6-4-5-7-32(43)28-22-41(3)35(45)42(34(28)44)21-26-12-14-29(36)30(37)17-26/h4,6,8-17,19,22H,5,7,18,20-21H2,1-3H3/b6-4+. The number of allylic oxidation sites excluding steroid dienone is 1. The molecule has 0 atom stereocenters. The molecule has 0 fully saturated rings. The molecule has 0 amide bonds. The fourth-order valence-corrected chi connectivity index (χ4v) is 5.04. The number of ketones is 1. The van der Waals surface area contributed by atoms with Crippen molar-refractivity contribution < 1.29 is 13.6 Å². The van der Waals surface area contributed by atoms with E-state index in [1.54, 1.807) is 0 Å². The minimum atomic E-state index is -1.09. The zero-order valence-electron chi connectivity index (χ0n) is 25.3. The average Bonchev–Trinajstić information content (AvgIpc) is 3.01. The van der Waals surface area contributed by atoms with E-state index in [2.05, 4.69) is 34.1 Å². The Balaban J connectivity index is 1.22. The maximum absolute atomic E-state index is 13.7. The van der Waals surface area contributed by atoms with Gasteiger partial charge in [-0.15, -0.1) is 0 Å². The van der Waals surface area contributed by atoms with Crippen LogP contribution in [-0.2, 0) is 26.6 Å². The molecule has 0 saturated carbocycles. The van der Waals surface area contributed by atoms with E-state index in [0.29, 0.717) is 12.8 Å². The van der Waals surface area contributed by atoms with Gasteiger partial charge in [-0.2, -0.15) is 0 Å². The Kier molecular flexibility index (Phi) is 9.53. The van der Waals surface area contributed by atoms with Gasteiger partial charge in [-0.25, -0.2) is 23.5 Å². The van der Waals surface area contributed by atoms with Crippen LogP contribution in [0.3, 0.4) is 0 Å². The van der Waals surface area contributed by atoms with Gasteiger partial charge in [-0.3, -0.25) is 14.2 Å². The van der Waals surface area contributed by atoms with Gasteiger partial charge in [-0.05, 0) is 67.0 Å². The Bertz CT molecular complexity index is 2010. The summed E-state index contributed by atoms with van der Waals surface area (Å²) in [6.07, 6.45) is 7.81. The molecule has 0 N–H and O–H groups in total. The van der Waals surface area contributed by atoms with Gasteiger partial charge in [-0.1, -0.05) is 48.6 Å². The van der Waals surface area contributed by atoms with E-state index >= 15 is 0 Å². The predicted octanol–water partition coefficient (Wildman–Crippen LogP) is 5.15. The number of halogens is 2. The number of benzene rings is 3. The predicted molar refractivity (Wildman–Crippen MR) is 170 cm³/mol. The number of hydrogen-bond donors (Lipinski definition) is 0. The maximum Gasteiger partial charge on any atom is 0.331 e. The molecule has 0 aliphatic rings. The third kappa shape index (κ3) is 7.71. The number of nitrogens with zero attached hydrogens (tertiary/aromatic N) is 5. The lowest BCUT2D eigenvalue weighted by atomic mass is 10.1. The van der Waals surface area contributed by atoms with Gasteiger partial charge in [0.05, 0.1) is 17.6 Å². The Morgan fingerprint density at radius 2 is 1.67 bits per heavy atom. The molecule has 2 heterocycles. The van der Waals surface area contributed by atoms with Crippen molar-refractivity contribution in [3.05, 3.63) is 145 Å². The lowest BCUT2D eigenvalue weighted by Gasteiger charge is -2.10. The highest BCUT2D eigenvalue weighted by Crippen LogP contribution is 2.17. The van der Waals surface area contributed by atoms with Crippen LogP contribution in [0.4, 0.5) is 8.78 Å². The molecule has 0 bridgehead atoms. The number of fused-ring (bicyclic) bond motifs is 1. The van der Waals surface area contributed by atoms with Crippen molar-refractivity contribution in [1.82, 2.24) is 24.0 Å². The zero-order chi connectivity index (χ0) is 32.1. The summed E-state index contributed by atoms with van der Waals surface area (Å²) >= 11 is 0. The van der Waals surface area contributed by atoms with E-state index < -0.39 is 28.7 Å². The molecule has 0 saturated heterocycles. The Labute approximate surface area is 258 Å². The summed E-state index contributed by atoms with van der Waals surface area (Å²) in [6.45, 7) is 0.599. The molecule has 5 rings (SSSR count). The Hall–Kier alpha value is -5.09. The molecular weight excluding hydrogens is 576 g/mol. The largest absolute Gasteiger partial charge is 0.331 e. The maximum atomic E-state index is 13.7. The molecule has 0 aliphatic heterocycles. The Morgan fingerprint density at radius 3 is 2.40 bits per heavy atom. The summed E-state index contributed by atoms with van der Waals surface area (Å²) in [7, 11) is 5.51. The zero-order valence-corrected chi connectivity index (χ0v) is 25.3. The van der Waals surface area contributed by atoms with Gasteiger partial charge in [0.1, 0.15) is 5.82 Å².